The number of nitrogens with zero attached hydrogens (tertiary/aromatic N) is 1. The van der Waals surface area contributed by atoms with Crippen molar-refractivity contribution in [1.29, 1.82) is 0 Å². The summed E-state index contributed by atoms with van der Waals surface area (Å²) in [6, 6.07) is 17.5. The number of fused-ring (bicyclic) bond motifs is 1. The van der Waals surface area contributed by atoms with Crippen LogP contribution in [0.4, 0.5) is 0 Å². The molecule has 1 aromatic heterocycles. The minimum atomic E-state index is 0.0945. The fourth-order valence-corrected chi connectivity index (χ4v) is 2.93. The summed E-state index contributed by atoms with van der Waals surface area (Å²) in [4.78, 5) is 4.31. The maximum absolute atomic E-state index is 10.2. The van der Waals surface area contributed by atoms with E-state index in [-0.39, 0.29) is 12.5 Å². The van der Waals surface area contributed by atoms with Crippen LogP contribution in [0, 0.1) is 5.92 Å². The summed E-state index contributed by atoms with van der Waals surface area (Å²) in [6.45, 7) is 1.33. The van der Waals surface area contributed by atoms with Gasteiger partial charge >= 0.3 is 0 Å². The molecule has 0 amide bonds. The molecule has 1 unspecified atom stereocenters. The van der Waals surface area contributed by atoms with Crippen LogP contribution in [0.1, 0.15) is 11.3 Å². The Hall–Kier alpha value is -2.43. The van der Waals surface area contributed by atoms with E-state index in [2.05, 4.69) is 10.3 Å². The Morgan fingerprint density at radius 1 is 1.00 bits per heavy atom. The number of rotatable bonds is 7. The van der Waals surface area contributed by atoms with E-state index in [0.717, 1.165) is 28.5 Å². The molecule has 3 aromatic rings. The molecule has 0 bridgehead atoms. The summed E-state index contributed by atoms with van der Waals surface area (Å²) < 4.78 is 0. The van der Waals surface area contributed by atoms with Crippen LogP contribution in [-0.2, 0) is 13.0 Å². The fraction of sp³-hybridized carbons (Fsp3) is 0.250. The zero-order valence-electron chi connectivity index (χ0n) is 13.5. The molecule has 0 spiro atoms. The van der Waals surface area contributed by atoms with Crippen molar-refractivity contribution in [3.63, 3.8) is 0 Å². The summed E-state index contributed by atoms with van der Waals surface area (Å²) in [5, 5.41) is 25.3. The summed E-state index contributed by atoms with van der Waals surface area (Å²) >= 11 is 0. The van der Waals surface area contributed by atoms with Gasteiger partial charge in [-0.2, -0.15) is 0 Å². The van der Waals surface area contributed by atoms with Crippen LogP contribution in [0.5, 0.6) is 5.75 Å². The van der Waals surface area contributed by atoms with Crippen molar-refractivity contribution in [2.75, 3.05) is 13.2 Å². The topological polar surface area (TPSA) is 65.4 Å². The van der Waals surface area contributed by atoms with Crippen molar-refractivity contribution in [2.45, 2.75) is 13.0 Å². The second kappa shape index (κ2) is 7.90. The SMILES string of the molecule is OCC(CNCc1c(O)ccc2ccccc12)Cc1ccccn1. The molecule has 0 saturated heterocycles. The number of aliphatic hydroxyl groups is 1. The highest BCUT2D eigenvalue weighted by Crippen LogP contribution is 2.26. The Morgan fingerprint density at radius 3 is 2.62 bits per heavy atom. The standard InChI is InChI=1S/C20H22N2O2/c23-14-15(11-17-6-3-4-10-22-17)12-21-13-19-18-7-2-1-5-16(18)8-9-20(19)24/h1-10,15,21,23-24H,11-14H2. The minimum absolute atomic E-state index is 0.0945. The average molecular weight is 322 g/mol. The smallest absolute Gasteiger partial charge is 0.120 e. The molecule has 4 nitrogen and oxygen atoms in total. The highest BCUT2D eigenvalue weighted by atomic mass is 16.3. The van der Waals surface area contributed by atoms with Crippen molar-refractivity contribution in [1.82, 2.24) is 10.3 Å². The first-order chi connectivity index (χ1) is 11.8. The van der Waals surface area contributed by atoms with Gasteiger partial charge < -0.3 is 15.5 Å². The van der Waals surface area contributed by atoms with Gasteiger partial charge in [0.15, 0.2) is 0 Å². The Morgan fingerprint density at radius 2 is 1.83 bits per heavy atom. The van der Waals surface area contributed by atoms with E-state index in [1.54, 1.807) is 12.3 Å². The third-order valence-corrected chi connectivity index (χ3v) is 4.23. The number of nitrogens with one attached hydrogen (secondary N) is 1. The molecule has 0 fully saturated rings. The lowest BCUT2D eigenvalue weighted by Crippen LogP contribution is -2.26. The number of aliphatic hydroxyl groups excluding tert-OH is 1. The van der Waals surface area contributed by atoms with E-state index < -0.39 is 0 Å². The molecule has 2 aromatic carbocycles. The van der Waals surface area contributed by atoms with Crippen LogP contribution in [0.3, 0.4) is 0 Å². The maximum atomic E-state index is 10.2. The predicted molar refractivity (Wildman–Crippen MR) is 95.8 cm³/mol. The number of pyridine rings is 1. The number of hydrogen-bond donors (Lipinski definition) is 3. The zero-order chi connectivity index (χ0) is 16.8. The first-order valence-corrected chi connectivity index (χ1v) is 8.19. The molecular formula is C20H22N2O2. The monoisotopic (exact) mass is 322 g/mol. The van der Waals surface area contributed by atoms with Crippen molar-refractivity contribution >= 4 is 10.8 Å². The van der Waals surface area contributed by atoms with Crippen LogP contribution in [0.15, 0.2) is 60.8 Å². The lowest BCUT2D eigenvalue weighted by Gasteiger charge is -2.16. The highest BCUT2D eigenvalue weighted by Gasteiger charge is 2.11. The molecule has 4 heteroatoms. The van der Waals surface area contributed by atoms with Gasteiger partial charge in [-0.1, -0.05) is 36.4 Å². The molecule has 1 atom stereocenters. The van der Waals surface area contributed by atoms with Crippen molar-refractivity contribution in [2.24, 2.45) is 5.92 Å². The average Bonchev–Trinajstić information content (AvgIpc) is 2.63. The number of hydrogen-bond acceptors (Lipinski definition) is 4. The molecule has 1 heterocycles. The second-order valence-corrected chi connectivity index (χ2v) is 5.99. The second-order valence-electron chi connectivity index (χ2n) is 5.99. The summed E-state index contributed by atoms with van der Waals surface area (Å²) in [5.41, 5.74) is 1.87. The van der Waals surface area contributed by atoms with Crippen molar-refractivity contribution in [3.05, 3.63) is 72.1 Å². The van der Waals surface area contributed by atoms with Gasteiger partial charge in [0.25, 0.3) is 0 Å². The molecule has 0 aliphatic rings. The number of phenolic OH excluding ortho intramolecular Hbond substituents is 1. The zero-order valence-corrected chi connectivity index (χ0v) is 13.5. The predicted octanol–water partition coefficient (Wildman–Crippen LogP) is 2.88. The largest absolute Gasteiger partial charge is 0.508 e. The number of phenols is 1. The molecule has 0 radical (unpaired) electrons. The maximum Gasteiger partial charge on any atom is 0.120 e. The van der Waals surface area contributed by atoms with Crippen molar-refractivity contribution in [3.8, 4) is 5.75 Å². The summed E-state index contributed by atoms with van der Waals surface area (Å²) in [6.07, 6.45) is 2.50. The molecule has 0 aliphatic heterocycles. The molecule has 24 heavy (non-hydrogen) atoms. The number of benzene rings is 2. The van der Waals surface area contributed by atoms with Crippen molar-refractivity contribution < 1.29 is 10.2 Å². The Bertz CT molecular complexity index is 790. The molecule has 0 aliphatic carbocycles. The van der Waals surface area contributed by atoms with E-state index in [4.69, 9.17) is 0 Å². The van der Waals surface area contributed by atoms with Crippen LogP contribution in [0.25, 0.3) is 10.8 Å². The minimum Gasteiger partial charge on any atom is -0.508 e. The number of aromatic hydroxyl groups is 1. The molecule has 0 saturated carbocycles. The Balaban J connectivity index is 1.64. The Kier molecular flexibility index (Phi) is 5.41. The van der Waals surface area contributed by atoms with Crippen LogP contribution in [-0.4, -0.2) is 28.3 Å². The summed E-state index contributed by atoms with van der Waals surface area (Å²) in [5.74, 6) is 0.392. The van der Waals surface area contributed by atoms with Crippen LogP contribution >= 0.6 is 0 Å². The first kappa shape index (κ1) is 16.4. The normalized spacial score (nSPS) is 12.4. The fourth-order valence-electron chi connectivity index (χ4n) is 2.93. The highest BCUT2D eigenvalue weighted by molar-refractivity contribution is 5.87. The van der Waals surface area contributed by atoms with E-state index in [1.165, 1.54) is 0 Å². The Labute approximate surface area is 141 Å². The lowest BCUT2D eigenvalue weighted by molar-refractivity contribution is 0.220. The summed E-state index contributed by atoms with van der Waals surface area (Å²) in [7, 11) is 0. The van der Waals surface area contributed by atoms with E-state index in [1.807, 2.05) is 48.5 Å². The molecule has 3 rings (SSSR count). The lowest BCUT2D eigenvalue weighted by atomic mass is 10.0. The first-order valence-electron chi connectivity index (χ1n) is 8.19. The van der Waals surface area contributed by atoms with E-state index in [0.29, 0.717) is 18.8 Å². The van der Waals surface area contributed by atoms with E-state index in [9.17, 15) is 10.2 Å². The van der Waals surface area contributed by atoms with Gasteiger partial charge in [0.05, 0.1) is 0 Å². The van der Waals surface area contributed by atoms with Gasteiger partial charge in [-0.15, -0.1) is 0 Å². The van der Waals surface area contributed by atoms with E-state index >= 15 is 0 Å². The third kappa shape index (κ3) is 3.91. The quantitative estimate of drug-likeness (QED) is 0.626. The van der Waals surface area contributed by atoms with Gasteiger partial charge in [-0.05, 0) is 41.3 Å². The van der Waals surface area contributed by atoms with Gasteiger partial charge in [-0.3, -0.25) is 4.98 Å². The van der Waals surface area contributed by atoms with Crippen LogP contribution in [0.2, 0.25) is 0 Å². The molecular weight excluding hydrogens is 300 g/mol. The van der Waals surface area contributed by atoms with Gasteiger partial charge in [0.2, 0.25) is 0 Å². The molecule has 124 valence electrons. The number of aromatic nitrogens is 1. The van der Waals surface area contributed by atoms with Crippen LogP contribution < -0.4 is 5.32 Å². The van der Waals surface area contributed by atoms with Gasteiger partial charge in [0.1, 0.15) is 5.75 Å². The van der Waals surface area contributed by atoms with Gasteiger partial charge in [-0.25, -0.2) is 0 Å². The van der Waals surface area contributed by atoms with Gasteiger partial charge in [0, 0.05) is 37.2 Å². The molecule has 3 N–H and O–H groups in total. The third-order valence-electron chi connectivity index (χ3n) is 4.23.